The molecular formula is C48H28N2O2. The predicted molar refractivity (Wildman–Crippen MR) is 213 cm³/mol. The van der Waals surface area contributed by atoms with E-state index in [1.54, 1.807) is 0 Å². The second-order valence-corrected chi connectivity index (χ2v) is 13.2. The first-order valence-corrected chi connectivity index (χ1v) is 17.5. The largest absolute Gasteiger partial charge is 0.456 e. The first-order valence-electron chi connectivity index (χ1n) is 17.5. The standard InChI is InChI=1S/C48H28N2O2/c1-2-12-33-32(11-1)34(35-16-10-22-44-46(35)38-14-4-8-20-42(38)52-44)27-28-36(33)48-47(49-39-17-5-6-18-40(39)50-48)30-25-23-29(24-26-30)31-15-9-21-43-45(31)37-13-3-7-19-41(37)51-43/h1-28H. The lowest BCUT2D eigenvalue weighted by atomic mass is 9.90. The quantitative estimate of drug-likeness (QED) is 0.188. The van der Waals surface area contributed by atoms with Gasteiger partial charge in [-0.2, -0.15) is 0 Å². The van der Waals surface area contributed by atoms with Crippen molar-refractivity contribution in [3.8, 4) is 44.8 Å². The SMILES string of the molecule is c1ccc2nc(-c3ccc(-c4cccc5oc6ccccc6c45)c4ccccc34)c(-c3ccc(-c4cccc5oc6ccccc6c45)cc3)nc2c1. The summed E-state index contributed by atoms with van der Waals surface area (Å²) in [5, 5.41) is 6.75. The van der Waals surface area contributed by atoms with Crippen LogP contribution in [0.5, 0.6) is 0 Å². The summed E-state index contributed by atoms with van der Waals surface area (Å²) >= 11 is 0. The molecule has 0 bridgehead atoms. The van der Waals surface area contributed by atoms with Gasteiger partial charge in [0.15, 0.2) is 0 Å². The van der Waals surface area contributed by atoms with Crippen molar-refractivity contribution in [2.75, 3.05) is 0 Å². The minimum atomic E-state index is 0.845. The van der Waals surface area contributed by atoms with E-state index in [-0.39, 0.29) is 0 Å². The number of benzene rings is 8. The third-order valence-corrected chi connectivity index (χ3v) is 10.3. The maximum Gasteiger partial charge on any atom is 0.136 e. The van der Waals surface area contributed by atoms with Gasteiger partial charge in [0.05, 0.1) is 22.4 Å². The van der Waals surface area contributed by atoms with Crippen LogP contribution in [0.25, 0.3) is 110 Å². The first kappa shape index (κ1) is 28.8. The fourth-order valence-corrected chi connectivity index (χ4v) is 7.95. The van der Waals surface area contributed by atoms with E-state index in [0.29, 0.717) is 0 Å². The number of hydrogen-bond acceptors (Lipinski definition) is 4. The van der Waals surface area contributed by atoms with E-state index >= 15 is 0 Å². The van der Waals surface area contributed by atoms with Crippen molar-refractivity contribution in [3.63, 3.8) is 0 Å². The van der Waals surface area contributed by atoms with Crippen LogP contribution in [-0.2, 0) is 0 Å². The molecule has 0 fully saturated rings. The van der Waals surface area contributed by atoms with E-state index < -0.39 is 0 Å². The van der Waals surface area contributed by atoms with Gasteiger partial charge in [0.2, 0.25) is 0 Å². The summed E-state index contributed by atoms with van der Waals surface area (Å²) in [6, 6.07) is 59.0. The zero-order valence-electron chi connectivity index (χ0n) is 27.9. The second kappa shape index (κ2) is 11.2. The fraction of sp³-hybridized carbons (Fsp3) is 0. The molecule has 11 aromatic rings. The molecular weight excluding hydrogens is 637 g/mol. The normalized spacial score (nSPS) is 11.8. The lowest BCUT2D eigenvalue weighted by Gasteiger charge is -2.16. The minimum absolute atomic E-state index is 0.845. The van der Waals surface area contributed by atoms with Crippen molar-refractivity contribution in [1.29, 1.82) is 0 Å². The van der Waals surface area contributed by atoms with Crippen LogP contribution in [0.15, 0.2) is 179 Å². The topological polar surface area (TPSA) is 52.1 Å². The van der Waals surface area contributed by atoms with Gasteiger partial charge in [-0.25, -0.2) is 9.97 Å². The molecule has 0 saturated carbocycles. The Morgan fingerprint density at radius 1 is 0.288 bits per heavy atom. The molecule has 3 aromatic heterocycles. The molecule has 0 amide bonds. The molecule has 11 rings (SSSR count). The molecule has 0 spiro atoms. The Balaban J connectivity index is 1.10. The zero-order valence-corrected chi connectivity index (χ0v) is 27.9. The number of fused-ring (bicyclic) bond motifs is 8. The van der Waals surface area contributed by atoms with Gasteiger partial charge >= 0.3 is 0 Å². The fourth-order valence-electron chi connectivity index (χ4n) is 7.95. The van der Waals surface area contributed by atoms with Crippen LogP contribution in [-0.4, -0.2) is 9.97 Å². The Bertz CT molecular complexity index is 3190. The average molecular weight is 665 g/mol. The number of aromatic nitrogens is 2. The van der Waals surface area contributed by atoms with Crippen LogP contribution in [0.4, 0.5) is 0 Å². The molecule has 0 saturated heterocycles. The molecule has 3 heterocycles. The van der Waals surface area contributed by atoms with E-state index in [1.165, 1.54) is 0 Å². The molecule has 8 aromatic carbocycles. The second-order valence-electron chi connectivity index (χ2n) is 13.2. The number of hydrogen-bond donors (Lipinski definition) is 0. The van der Waals surface area contributed by atoms with E-state index in [1.807, 2.05) is 54.6 Å². The van der Waals surface area contributed by atoms with E-state index in [2.05, 4.69) is 115 Å². The summed E-state index contributed by atoms with van der Waals surface area (Å²) in [7, 11) is 0. The molecule has 242 valence electrons. The van der Waals surface area contributed by atoms with Crippen molar-refractivity contribution in [2.45, 2.75) is 0 Å². The van der Waals surface area contributed by atoms with Gasteiger partial charge in [0, 0.05) is 32.7 Å². The molecule has 4 nitrogen and oxygen atoms in total. The van der Waals surface area contributed by atoms with Crippen molar-refractivity contribution in [2.24, 2.45) is 0 Å². The van der Waals surface area contributed by atoms with Crippen LogP contribution in [0.2, 0.25) is 0 Å². The van der Waals surface area contributed by atoms with Gasteiger partial charge in [-0.05, 0) is 69.4 Å². The molecule has 0 unspecified atom stereocenters. The number of para-hydroxylation sites is 4. The van der Waals surface area contributed by atoms with E-state index in [4.69, 9.17) is 18.8 Å². The Morgan fingerprint density at radius 2 is 0.750 bits per heavy atom. The Hall–Kier alpha value is -7.04. The van der Waals surface area contributed by atoms with Crippen LogP contribution >= 0.6 is 0 Å². The maximum absolute atomic E-state index is 6.27. The molecule has 0 aliphatic heterocycles. The van der Waals surface area contributed by atoms with Gasteiger partial charge in [0.1, 0.15) is 22.3 Å². The summed E-state index contributed by atoms with van der Waals surface area (Å²) in [4.78, 5) is 10.6. The van der Waals surface area contributed by atoms with E-state index in [0.717, 1.165) is 110 Å². The molecule has 0 N–H and O–H groups in total. The predicted octanol–water partition coefficient (Wildman–Crippen LogP) is 13.2. The van der Waals surface area contributed by atoms with Crippen LogP contribution < -0.4 is 0 Å². The highest BCUT2D eigenvalue weighted by atomic mass is 16.3. The van der Waals surface area contributed by atoms with Crippen LogP contribution in [0.1, 0.15) is 0 Å². The molecule has 4 heteroatoms. The average Bonchev–Trinajstić information content (AvgIpc) is 3.79. The monoisotopic (exact) mass is 664 g/mol. The van der Waals surface area contributed by atoms with Crippen molar-refractivity contribution in [3.05, 3.63) is 170 Å². The van der Waals surface area contributed by atoms with Crippen LogP contribution in [0.3, 0.4) is 0 Å². The first-order chi connectivity index (χ1) is 25.8. The third kappa shape index (κ3) is 4.34. The van der Waals surface area contributed by atoms with Crippen molar-refractivity contribution < 1.29 is 8.83 Å². The van der Waals surface area contributed by atoms with Gasteiger partial charge in [-0.15, -0.1) is 0 Å². The summed E-state index contributed by atoms with van der Waals surface area (Å²) in [5.74, 6) is 0. The molecule has 52 heavy (non-hydrogen) atoms. The zero-order chi connectivity index (χ0) is 34.2. The Labute approximate surface area is 298 Å². The Kier molecular flexibility index (Phi) is 6.22. The van der Waals surface area contributed by atoms with Gasteiger partial charge < -0.3 is 8.83 Å². The van der Waals surface area contributed by atoms with Crippen LogP contribution in [0, 0.1) is 0 Å². The maximum atomic E-state index is 6.27. The van der Waals surface area contributed by atoms with E-state index in [9.17, 15) is 0 Å². The summed E-state index contributed by atoms with van der Waals surface area (Å²) in [6.45, 7) is 0. The van der Waals surface area contributed by atoms with Crippen molar-refractivity contribution in [1.82, 2.24) is 9.97 Å². The third-order valence-electron chi connectivity index (χ3n) is 10.3. The highest BCUT2D eigenvalue weighted by Crippen LogP contribution is 2.43. The highest BCUT2D eigenvalue weighted by Gasteiger charge is 2.20. The summed E-state index contributed by atoms with van der Waals surface area (Å²) in [6.07, 6.45) is 0. The molecule has 0 aliphatic carbocycles. The van der Waals surface area contributed by atoms with Gasteiger partial charge in [0.25, 0.3) is 0 Å². The highest BCUT2D eigenvalue weighted by molar-refractivity contribution is 6.17. The number of furan rings is 2. The number of rotatable bonds is 4. The Morgan fingerprint density at radius 3 is 1.40 bits per heavy atom. The molecule has 0 radical (unpaired) electrons. The lowest BCUT2D eigenvalue weighted by molar-refractivity contribution is 0.668. The molecule has 0 atom stereocenters. The van der Waals surface area contributed by atoms with Gasteiger partial charge in [-0.1, -0.05) is 133 Å². The summed E-state index contributed by atoms with van der Waals surface area (Å²) in [5.41, 5.74) is 13.6. The molecule has 0 aliphatic rings. The van der Waals surface area contributed by atoms with Gasteiger partial charge in [-0.3, -0.25) is 0 Å². The minimum Gasteiger partial charge on any atom is -0.456 e. The smallest absolute Gasteiger partial charge is 0.136 e. The van der Waals surface area contributed by atoms with Crippen molar-refractivity contribution >= 4 is 65.7 Å². The lowest BCUT2D eigenvalue weighted by Crippen LogP contribution is -1.97. The summed E-state index contributed by atoms with van der Waals surface area (Å²) < 4.78 is 12.5. The number of nitrogens with zero attached hydrogens (tertiary/aromatic N) is 2.